The molecule has 1 unspecified atom stereocenters. The zero-order chi connectivity index (χ0) is 16.4. The molecule has 0 spiro atoms. The minimum Gasteiger partial charge on any atom is -0.453 e. The van der Waals surface area contributed by atoms with Gasteiger partial charge in [-0.3, -0.25) is 4.90 Å². The van der Waals surface area contributed by atoms with Gasteiger partial charge in [0.1, 0.15) is 11.3 Å². The van der Waals surface area contributed by atoms with Crippen molar-refractivity contribution >= 4 is 18.2 Å². The van der Waals surface area contributed by atoms with Gasteiger partial charge in [-0.1, -0.05) is 0 Å². The molecule has 0 aromatic carbocycles. The fourth-order valence-electron chi connectivity index (χ4n) is 1.84. The molecule has 1 aliphatic heterocycles. The van der Waals surface area contributed by atoms with Crippen molar-refractivity contribution in [2.24, 2.45) is 0 Å². The van der Waals surface area contributed by atoms with E-state index >= 15 is 0 Å². The van der Waals surface area contributed by atoms with E-state index in [-0.39, 0.29) is 6.61 Å². The molecule has 0 bridgehead atoms. The molecular formula is C13H21NO7. The van der Waals surface area contributed by atoms with Crippen molar-refractivity contribution < 1.29 is 33.3 Å². The zero-order valence-electron chi connectivity index (χ0n) is 13.1. The summed E-state index contributed by atoms with van der Waals surface area (Å²) in [6, 6.07) is -1.07. The van der Waals surface area contributed by atoms with Crippen molar-refractivity contribution in [3.05, 3.63) is 0 Å². The highest BCUT2D eigenvalue weighted by Gasteiger charge is 2.49. The van der Waals surface area contributed by atoms with Crippen LogP contribution in [-0.2, 0) is 23.7 Å². The van der Waals surface area contributed by atoms with E-state index in [0.29, 0.717) is 0 Å². The average molecular weight is 303 g/mol. The number of methoxy groups -OCH3 is 1. The SMILES string of the molecule is COC(=O)N1C(C(=O)OC(=O)OC(C)(C)C)COC1(C)C. The lowest BCUT2D eigenvalue weighted by atomic mass is 10.2. The van der Waals surface area contributed by atoms with E-state index in [4.69, 9.17) is 9.47 Å². The number of ether oxygens (including phenoxy) is 4. The Kier molecular flexibility index (Phi) is 4.83. The van der Waals surface area contributed by atoms with E-state index in [0.717, 1.165) is 4.90 Å². The second-order valence-electron chi connectivity index (χ2n) is 6.00. The van der Waals surface area contributed by atoms with Crippen LogP contribution in [0.3, 0.4) is 0 Å². The third kappa shape index (κ3) is 4.32. The summed E-state index contributed by atoms with van der Waals surface area (Å²) in [5, 5.41) is 0. The lowest BCUT2D eigenvalue weighted by Crippen LogP contribution is -2.51. The Labute approximate surface area is 123 Å². The second kappa shape index (κ2) is 5.88. The summed E-state index contributed by atoms with van der Waals surface area (Å²) in [6.45, 7) is 8.03. The van der Waals surface area contributed by atoms with Crippen molar-refractivity contribution in [3.8, 4) is 0 Å². The monoisotopic (exact) mass is 303 g/mol. The first-order valence-electron chi connectivity index (χ1n) is 6.44. The van der Waals surface area contributed by atoms with Crippen LogP contribution in [0.5, 0.6) is 0 Å². The predicted octanol–water partition coefficient (Wildman–Crippen LogP) is 1.67. The van der Waals surface area contributed by atoms with Gasteiger partial charge in [0, 0.05) is 0 Å². The topological polar surface area (TPSA) is 91.4 Å². The van der Waals surface area contributed by atoms with E-state index in [1.807, 2.05) is 0 Å². The average Bonchev–Trinajstić information content (AvgIpc) is 2.61. The fourth-order valence-corrected chi connectivity index (χ4v) is 1.84. The largest absolute Gasteiger partial charge is 0.516 e. The summed E-state index contributed by atoms with van der Waals surface area (Å²) in [6.07, 6.45) is -1.87. The molecule has 0 radical (unpaired) electrons. The number of amides is 1. The maximum atomic E-state index is 12.0. The number of hydrogen-bond acceptors (Lipinski definition) is 7. The molecule has 1 rings (SSSR count). The Morgan fingerprint density at radius 1 is 1.24 bits per heavy atom. The minimum atomic E-state index is -1.12. The molecule has 1 aliphatic rings. The van der Waals surface area contributed by atoms with Gasteiger partial charge in [0.2, 0.25) is 0 Å². The van der Waals surface area contributed by atoms with Crippen LogP contribution in [0.15, 0.2) is 0 Å². The Balaban J connectivity index is 2.77. The lowest BCUT2D eigenvalue weighted by Gasteiger charge is -2.31. The van der Waals surface area contributed by atoms with Gasteiger partial charge in [-0.15, -0.1) is 0 Å². The molecule has 0 aliphatic carbocycles. The van der Waals surface area contributed by atoms with Crippen LogP contribution in [-0.4, -0.2) is 54.2 Å². The molecule has 1 amide bonds. The highest BCUT2D eigenvalue weighted by atomic mass is 16.7. The first-order valence-corrected chi connectivity index (χ1v) is 6.44. The Morgan fingerprint density at radius 2 is 1.81 bits per heavy atom. The van der Waals surface area contributed by atoms with E-state index in [1.54, 1.807) is 34.6 Å². The van der Waals surface area contributed by atoms with Crippen LogP contribution in [0.4, 0.5) is 9.59 Å². The third-order valence-corrected chi connectivity index (χ3v) is 2.70. The highest BCUT2D eigenvalue weighted by molar-refractivity contribution is 5.88. The van der Waals surface area contributed by atoms with Crippen LogP contribution >= 0.6 is 0 Å². The normalized spacial score (nSPS) is 20.9. The number of nitrogens with zero attached hydrogens (tertiary/aromatic N) is 1. The molecule has 0 aromatic heterocycles. The minimum absolute atomic E-state index is 0.0935. The van der Waals surface area contributed by atoms with Gasteiger partial charge < -0.3 is 18.9 Å². The Morgan fingerprint density at radius 3 is 2.29 bits per heavy atom. The van der Waals surface area contributed by atoms with Crippen molar-refractivity contribution in [3.63, 3.8) is 0 Å². The number of esters is 1. The van der Waals surface area contributed by atoms with Gasteiger partial charge in [0.05, 0.1) is 13.7 Å². The van der Waals surface area contributed by atoms with Gasteiger partial charge >= 0.3 is 18.2 Å². The Hall–Kier alpha value is -1.83. The van der Waals surface area contributed by atoms with E-state index in [1.165, 1.54) is 7.11 Å². The predicted molar refractivity (Wildman–Crippen MR) is 70.4 cm³/mol. The van der Waals surface area contributed by atoms with Crippen molar-refractivity contribution in [2.45, 2.75) is 52.0 Å². The fraction of sp³-hybridized carbons (Fsp3) is 0.769. The molecular weight excluding hydrogens is 282 g/mol. The summed E-state index contributed by atoms with van der Waals surface area (Å²) in [5.74, 6) is -0.930. The van der Waals surface area contributed by atoms with Gasteiger partial charge in [-0.05, 0) is 34.6 Å². The highest BCUT2D eigenvalue weighted by Crippen LogP contribution is 2.28. The van der Waals surface area contributed by atoms with Gasteiger partial charge in [0.25, 0.3) is 0 Å². The smallest absolute Gasteiger partial charge is 0.453 e. The molecule has 8 nitrogen and oxygen atoms in total. The van der Waals surface area contributed by atoms with E-state index in [2.05, 4.69) is 9.47 Å². The molecule has 1 heterocycles. The number of rotatable bonds is 1. The maximum Gasteiger partial charge on any atom is 0.516 e. The quantitative estimate of drug-likeness (QED) is 0.537. The molecule has 21 heavy (non-hydrogen) atoms. The first kappa shape index (κ1) is 17.2. The van der Waals surface area contributed by atoms with Gasteiger partial charge in [-0.2, -0.15) is 0 Å². The zero-order valence-corrected chi connectivity index (χ0v) is 13.1. The number of carbonyl (C=O) groups is 3. The van der Waals surface area contributed by atoms with Crippen LogP contribution < -0.4 is 0 Å². The molecule has 0 aromatic rings. The number of carbonyl (C=O) groups excluding carboxylic acids is 3. The Bertz CT molecular complexity index is 438. The van der Waals surface area contributed by atoms with Crippen molar-refractivity contribution in [1.82, 2.24) is 4.90 Å². The molecule has 1 saturated heterocycles. The van der Waals surface area contributed by atoms with Crippen LogP contribution in [0.1, 0.15) is 34.6 Å². The van der Waals surface area contributed by atoms with Crippen LogP contribution in [0.25, 0.3) is 0 Å². The number of hydrogen-bond donors (Lipinski definition) is 0. The van der Waals surface area contributed by atoms with E-state index in [9.17, 15) is 14.4 Å². The summed E-state index contributed by atoms with van der Waals surface area (Å²) < 4.78 is 19.5. The van der Waals surface area contributed by atoms with Gasteiger partial charge in [-0.25, -0.2) is 14.4 Å². The van der Waals surface area contributed by atoms with Crippen molar-refractivity contribution in [1.29, 1.82) is 0 Å². The van der Waals surface area contributed by atoms with E-state index < -0.39 is 35.6 Å². The van der Waals surface area contributed by atoms with Crippen molar-refractivity contribution in [2.75, 3.05) is 13.7 Å². The molecule has 1 fully saturated rings. The van der Waals surface area contributed by atoms with Crippen LogP contribution in [0.2, 0.25) is 0 Å². The summed E-state index contributed by atoms with van der Waals surface area (Å²) in [7, 11) is 1.19. The summed E-state index contributed by atoms with van der Waals surface area (Å²) >= 11 is 0. The molecule has 8 heteroatoms. The summed E-state index contributed by atoms with van der Waals surface area (Å²) in [4.78, 5) is 36.3. The molecule has 120 valence electrons. The lowest BCUT2D eigenvalue weighted by molar-refractivity contribution is -0.146. The molecule has 0 N–H and O–H groups in total. The summed E-state index contributed by atoms with van der Waals surface area (Å²) in [5.41, 5.74) is -1.82. The molecule has 0 saturated carbocycles. The third-order valence-electron chi connectivity index (χ3n) is 2.70. The second-order valence-corrected chi connectivity index (χ2v) is 6.00. The maximum absolute atomic E-state index is 12.0. The van der Waals surface area contributed by atoms with Gasteiger partial charge in [0.15, 0.2) is 6.04 Å². The van der Waals surface area contributed by atoms with Crippen LogP contribution in [0, 0.1) is 0 Å². The standard InChI is InChI=1S/C13H21NO7/c1-12(2,3)21-11(17)20-9(15)8-7-19-13(4,5)14(8)10(16)18-6/h8H,7H2,1-6H3. The molecule has 1 atom stereocenters. The first-order chi connectivity index (χ1) is 9.48.